The van der Waals surface area contributed by atoms with Gasteiger partial charge in [-0.3, -0.25) is 4.99 Å². The van der Waals surface area contributed by atoms with Gasteiger partial charge in [0, 0.05) is 11.8 Å². The highest BCUT2D eigenvalue weighted by Crippen LogP contribution is 2.38. The molecule has 0 saturated carbocycles. The maximum absolute atomic E-state index is 6.49. The van der Waals surface area contributed by atoms with Crippen LogP contribution in [0.25, 0.3) is 0 Å². The Morgan fingerprint density at radius 2 is 1.38 bits per heavy atom. The molecule has 0 aliphatic rings. The Kier molecular flexibility index (Phi) is 7.09. The summed E-state index contributed by atoms with van der Waals surface area (Å²) in [5.41, 5.74) is 8.49. The van der Waals surface area contributed by atoms with Crippen LogP contribution in [-0.4, -0.2) is 20.7 Å². The van der Waals surface area contributed by atoms with E-state index in [2.05, 4.69) is 98.2 Å². The Morgan fingerprint density at radius 1 is 0.828 bits per heavy atom. The fourth-order valence-electron chi connectivity index (χ4n) is 3.61. The van der Waals surface area contributed by atoms with Gasteiger partial charge in [-0.1, -0.05) is 76.9 Å². The maximum atomic E-state index is 6.49. The Hall–Kier alpha value is -1.56. The van der Waals surface area contributed by atoms with Crippen LogP contribution < -0.4 is 3.79 Å². The minimum Gasteiger partial charge on any atom is -0.642 e. The largest absolute Gasteiger partial charge is 0.642 e. The van der Waals surface area contributed by atoms with Crippen molar-refractivity contribution < 1.29 is 3.79 Å². The van der Waals surface area contributed by atoms with Gasteiger partial charge in [-0.2, -0.15) is 0 Å². The minimum absolute atomic E-state index is 0.00182. The molecule has 0 heterocycles. The van der Waals surface area contributed by atoms with Crippen molar-refractivity contribution in [3.8, 4) is 5.75 Å². The first-order chi connectivity index (χ1) is 13.2. The lowest BCUT2D eigenvalue weighted by atomic mass is 9.79. The summed E-state index contributed by atoms with van der Waals surface area (Å²) in [4.78, 5) is 4.94. The summed E-state index contributed by atoms with van der Waals surface area (Å²) < 4.78 is 6.49. The number of aliphatic imine (C=N–C) groups is 1. The molecule has 3 heteroatoms. The molecule has 0 unspecified atom stereocenters. The number of nitrogens with zero attached hydrogens (tertiary/aromatic N) is 1. The van der Waals surface area contributed by atoms with Crippen LogP contribution in [0.2, 0.25) is 11.6 Å². The standard InChI is InChI=1S/C24H33NO.2CH3.Al/c1-15-10-16(2)21(17(3)11-15)25-14-18-12-19(23(4,5)6)13-20(22(18)26)24(7,8)9;;;/h10-14,26H,1-9H3;2*1H3;/q;;;+1/p-1. The van der Waals surface area contributed by atoms with Gasteiger partial charge in [0.2, 0.25) is 0 Å². The van der Waals surface area contributed by atoms with Gasteiger partial charge >= 0.3 is 14.5 Å². The number of aryl methyl sites for hydroxylation is 3. The van der Waals surface area contributed by atoms with Crippen LogP contribution in [0, 0.1) is 20.8 Å². The van der Waals surface area contributed by atoms with Crippen molar-refractivity contribution in [2.45, 2.75) is 84.7 Å². The van der Waals surface area contributed by atoms with Crippen molar-refractivity contribution in [1.82, 2.24) is 0 Å². The molecule has 0 aromatic heterocycles. The summed E-state index contributed by atoms with van der Waals surface area (Å²) in [5.74, 6) is 5.46. The summed E-state index contributed by atoms with van der Waals surface area (Å²) in [7, 11) is 0. The van der Waals surface area contributed by atoms with E-state index in [1.54, 1.807) is 0 Å². The van der Waals surface area contributed by atoms with Gasteiger partial charge in [0.15, 0.2) is 0 Å². The normalized spacial score (nSPS) is 12.5. The second kappa shape index (κ2) is 8.67. The van der Waals surface area contributed by atoms with Gasteiger partial charge < -0.3 is 3.79 Å². The Labute approximate surface area is 183 Å². The first kappa shape index (κ1) is 23.7. The fraction of sp³-hybridized carbons (Fsp3) is 0.500. The monoisotopic (exact) mass is 407 g/mol. The molecule has 0 aliphatic carbocycles. The minimum atomic E-state index is -1.27. The zero-order chi connectivity index (χ0) is 22.1. The Bertz CT molecular complexity index is 889. The SMILES string of the molecule is Cc1cc(C)c(N=Cc2cc(C(C)(C)C)cc(C(C)(C)C)c2[O][Al]([CH3])[CH3])c(C)c1. The van der Waals surface area contributed by atoms with Gasteiger partial charge in [0.25, 0.3) is 0 Å². The predicted octanol–water partition coefficient (Wildman–Crippen LogP) is 7.59. The molecule has 0 amide bonds. The molecule has 2 rings (SSSR count). The molecule has 0 radical (unpaired) electrons. The topological polar surface area (TPSA) is 21.6 Å². The van der Waals surface area contributed by atoms with E-state index < -0.39 is 14.5 Å². The average molecular weight is 408 g/mol. The lowest BCUT2D eigenvalue weighted by Gasteiger charge is -2.30. The van der Waals surface area contributed by atoms with Crippen molar-refractivity contribution >= 4 is 26.4 Å². The highest BCUT2D eigenvalue weighted by molar-refractivity contribution is 6.49. The van der Waals surface area contributed by atoms with Crippen molar-refractivity contribution in [1.29, 1.82) is 0 Å². The number of rotatable bonds is 4. The van der Waals surface area contributed by atoms with Crippen LogP contribution in [0.5, 0.6) is 5.75 Å². The van der Waals surface area contributed by atoms with Crippen LogP contribution in [0.15, 0.2) is 29.3 Å². The first-order valence-corrected chi connectivity index (χ1v) is 13.5. The molecule has 0 bridgehead atoms. The quantitative estimate of drug-likeness (QED) is 0.378. The van der Waals surface area contributed by atoms with E-state index in [0.29, 0.717) is 0 Å². The maximum Gasteiger partial charge on any atom is 0.540 e. The molecule has 156 valence electrons. The van der Waals surface area contributed by atoms with Crippen molar-refractivity contribution in [3.63, 3.8) is 0 Å². The van der Waals surface area contributed by atoms with Gasteiger partial charge in [-0.15, -0.1) is 0 Å². The molecular weight excluding hydrogens is 369 g/mol. The number of benzene rings is 2. The lowest BCUT2D eigenvalue weighted by Crippen LogP contribution is -2.22. The number of hydrogen-bond donors (Lipinski definition) is 0. The highest BCUT2D eigenvalue weighted by atomic mass is 27.2. The molecule has 0 N–H and O–H groups in total. The van der Waals surface area contributed by atoms with E-state index in [0.717, 1.165) is 17.0 Å². The van der Waals surface area contributed by atoms with Crippen LogP contribution in [-0.2, 0) is 10.8 Å². The molecule has 0 spiro atoms. The second-order valence-corrected chi connectivity index (χ2v) is 12.9. The molecule has 2 aromatic carbocycles. The Balaban J connectivity index is 2.74. The van der Waals surface area contributed by atoms with Gasteiger partial charge in [-0.05, 0) is 59.9 Å². The molecular formula is C26H38AlNO. The van der Waals surface area contributed by atoms with Gasteiger partial charge in [0.1, 0.15) is 0 Å². The van der Waals surface area contributed by atoms with Crippen LogP contribution in [0.1, 0.15) is 74.9 Å². The van der Waals surface area contributed by atoms with Crippen LogP contribution in [0.3, 0.4) is 0 Å². The van der Waals surface area contributed by atoms with E-state index in [4.69, 9.17) is 8.78 Å². The summed E-state index contributed by atoms with van der Waals surface area (Å²) in [6.45, 7) is 20.0. The average Bonchev–Trinajstić information content (AvgIpc) is 2.52. The van der Waals surface area contributed by atoms with Crippen LogP contribution >= 0.6 is 0 Å². The summed E-state index contributed by atoms with van der Waals surface area (Å²) in [6, 6.07) is 9.00. The van der Waals surface area contributed by atoms with E-state index in [-0.39, 0.29) is 10.8 Å². The molecule has 29 heavy (non-hydrogen) atoms. The molecule has 0 saturated heterocycles. The third-order valence-electron chi connectivity index (χ3n) is 5.11. The molecule has 2 aromatic rings. The fourth-order valence-corrected chi connectivity index (χ4v) is 4.35. The van der Waals surface area contributed by atoms with E-state index in [9.17, 15) is 0 Å². The van der Waals surface area contributed by atoms with Crippen molar-refractivity contribution in [3.05, 3.63) is 57.6 Å². The first-order valence-electron chi connectivity index (χ1n) is 10.7. The van der Waals surface area contributed by atoms with Gasteiger partial charge in [0.05, 0.1) is 11.4 Å². The smallest absolute Gasteiger partial charge is 0.540 e. The highest BCUT2D eigenvalue weighted by Gasteiger charge is 2.26. The Morgan fingerprint density at radius 3 is 1.83 bits per heavy atom. The molecule has 0 fully saturated rings. The summed E-state index contributed by atoms with van der Waals surface area (Å²) in [5, 5.41) is 0. The zero-order valence-corrected chi connectivity index (χ0v) is 21.5. The zero-order valence-electron chi connectivity index (χ0n) is 20.3. The van der Waals surface area contributed by atoms with E-state index in [1.807, 2.05) is 6.21 Å². The molecule has 2 nitrogen and oxygen atoms in total. The predicted molar refractivity (Wildman–Crippen MR) is 130 cm³/mol. The van der Waals surface area contributed by atoms with Crippen LogP contribution in [0.4, 0.5) is 5.69 Å². The van der Waals surface area contributed by atoms with Crippen molar-refractivity contribution in [2.24, 2.45) is 4.99 Å². The van der Waals surface area contributed by atoms with Gasteiger partial charge in [-0.25, -0.2) is 0 Å². The van der Waals surface area contributed by atoms with Crippen molar-refractivity contribution in [2.75, 3.05) is 0 Å². The lowest BCUT2D eigenvalue weighted by molar-refractivity contribution is 0.513. The number of hydrogen-bond acceptors (Lipinski definition) is 2. The van der Waals surface area contributed by atoms with E-state index >= 15 is 0 Å². The molecule has 0 aliphatic heterocycles. The third-order valence-corrected chi connectivity index (χ3v) is 5.82. The van der Waals surface area contributed by atoms with E-state index in [1.165, 1.54) is 27.8 Å². The summed E-state index contributed by atoms with van der Waals surface area (Å²) >= 11 is -1.27. The third kappa shape index (κ3) is 5.97. The second-order valence-electron chi connectivity index (χ2n) is 10.6. The molecule has 0 atom stereocenters. The summed E-state index contributed by atoms with van der Waals surface area (Å²) in [6.07, 6.45) is 2.02.